The van der Waals surface area contributed by atoms with Gasteiger partial charge in [0.15, 0.2) is 0 Å². The Hall–Kier alpha value is -3.12. The molecule has 120 valence electrons. The minimum atomic E-state index is -3.51. The van der Waals surface area contributed by atoms with Crippen LogP contribution in [0.3, 0.4) is 0 Å². The van der Waals surface area contributed by atoms with Crippen molar-refractivity contribution in [2.24, 2.45) is 0 Å². The number of para-hydroxylation sites is 1. The zero-order chi connectivity index (χ0) is 16.7. The molecule has 1 unspecified atom stereocenters. The van der Waals surface area contributed by atoms with Crippen LogP contribution in [0.25, 0.3) is 11.1 Å². The number of hydrogen-bond acceptors (Lipinski definition) is 7. The van der Waals surface area contributed by atoms with E-state index in [9.17, 15) is 4.57 Å². The number of aromatic nitrogens is 3. The summed E-state index contributed by atoms with van der Waals surface area (Å²) in [6, 6.07) is 14.7. The second-order valence-electron chi connectivity index (χ2n) is 5.14. The highest BCUT2D eigenvalue weighted by molar-refractivity contribution is 7.69. The summed E-state index contributed by atoms with van der Waals surface area (Å²) in [6.07, 6.45) is 0. The van der Waals surface area contributed by atoms with E-state index >= 15 is 0 Å². The molecule has 1 aliphatic rings. The van der Waals surface area contributed by atoms with E-state index in [0.717, 1.165) is 11.1 Å². The first kappa shape index (κ1) is 14.5. The van der Waals surface area contributed by atoms with Gasteiger partial charge in [-0.2, -0.15) is 15.0 Å². The maximum atomic E-state index is 13.5. The maximum absolute atomic E-state index is 13.5. The summed E-state index contributed by atoms with van der Waals surface area (Å²) in [7, 11) is -3.51. The molecule has 1 aromatic heterocycles. The topological polar surface area (TPSA) is 129 Å². The molecule has 24 heavy (non-hydrogen) atoms. The van der Waals surface area contributed by atoms with Crippen molar-refractivity contribution in [2.45, 2.75) is 0 Å². The van der Waals surface area contributed by atoms with Gasteiger partial charge in [-0.1, -0.05) is 36.4 Å². The molecule has 0 amide bonds. The van der Waals surface area contributed by atoms with Crippen molar-refractivity contribution in [1.29, 1.82) is 0 Å². The van der Waals surface area contributed by atoms with E-state index < -0.39 is 7.52 Å². The summed E-state index contributed by atoms with van der Waals surface area (Å²) in [6.45, 7) is 0. The van der Waals surface area contributed by atoms with E-state index in [1.54, 1.807) is 18.2 Å². The van der Waals surface area contributed by atoms with Crippen LogP contribution in [0.2, 0.25) is 0 Å². The van der Waals surface area contributed by atoms with E-state index in [4.69, 9.17) is 16.0 Å². The number of fused-ring (bicyclic) bond motifs is 3. The molecule has 3 aromatic rings. The van der Waals surface area contributed by atoms with Gasteiger partial charge in [0.25, 0.3) is 0 Å². The van der Waals surface area contributed by atoms with Crippen molar-refractivity contribution < 1.29 is 9.09 Å². The highest BCUT2D eigenvalue weighted by atomic mass is 31.2. The highest BCUT2D eigenvalue weighted by Gasteiger charge is 2.37. The maximum Gasteiger partial charge on any atom is 0.374 e. The van der Waals surface area contributed by atoms with Gasteiger partial charge >= 0.3 is 7.52 Å². The fraction of sp³-hybridized carbons (Fsp3) is 0. The van der Waals surface area contributed by atoms with Gasteiger partial charge in [-0.15, -0.1) is 0 Å². The van der Waals surface area contributed by atoms with Crippen LogP contribution in [-0.4, -0.2) is 15.0 Å². The molecule has 0 saturated carbocycles. The Bertz CT molecular complexity index is 973. The first-order valence-corrected chi connectivity index (χ1v) is 8.71. The summed E-state index contributed by atoms with van der Waals surface area (Å²) in [5, 5.41) is 3.28. The molecule has 4 rings (SSSR count). The van der Waals surface area contributed by atoms with Gasteiger partial charge < -0.3 is 16.0 Å². The van der Waals surface area contributed by atoms with Gasteiger partial charge in [0.2, 0.25) is 17.8 Å². The molecule has 0 spiro atoms. The molecule has 8 nitrogen and oxygen atoms in total. The molecular formula is C15H13N6O2P. The summed E-state index contributed by atoms with van der Waals surface area (Å²) in [5.41, 5.74) is 12.8. The normalized spacial score (nSPS) is 18.2. The molecule has 0 fully saturated rings. The van der Waals surface area contributed by atoms with E-state index in [1.165, 1.54) is 0 Å². The Labute approximate surface area is 137 Å². The lowest BCUT2D eigenvalue weighted by Gasteiger charge is -2.28. The largest absolute Gasteiger partial charge is 0.425 e. The van der Waals surface area contributed by atoms with Gasteiger partial charge in [-0.3, -0.25) is 5.09 Å². The molecule has 1 aliphatic heterocycles. The molecule has 9 heteroatoms. The average molecular weight is 340 g/mol. The number of nitrogen functional groups attached to an aromatic ring is 2. The molecule has 2 heterocycles. The van der Waals surface area contributed by atoms with Crippen molar-refractivity contribution in [3.8, 4) is 16.9 Å². The molecular weight excluding hydrogens is 327 g/mol. The molecule has 1 atom stereocenters. The number of benzene rings is 2. The second-order valence-corrected chi connectivity index (χ2v) is 7.13. The average Bonchev–Trinajstić information content (AvgIpc) is 2.54. The van der Waals surface area contributed by atoms with Crippen LogP contribution in [0.5, 0.6) is 5.75 Å². The molecule has 0 radical (unpaired) electrons. The van der Waals surface area contributed by atoms with Crippen molar-refractivity contribution in [2.75, 3.05) is 16.6 Å². The fourth-order valence-corrected chi connectivity index (χ4v) is 4.45. The Kier molecular flexibility index (Phi) is 3.14. The minimum absolute atomic E-state index is 0.00230. The van der Waals surface area contributed by atoms with Gasteiger partial charge in [0.05, 0.1) is 5.30 Å². The Morgan fingerprint density at radius 1 is 0.875 bits per heavy atom. The summed E-state index contributed by atoms with van der Waals surface area (Å²) >= 11 is 0. The van der Waals surface area contributed by atoms with Crippen molar-refractivity contribution >= 4 is 30.7 Å². The SMILES string of the molecule is Nc1nc(N)nc(NP2(=O)Oc3ccccc3-c3ccccc32)n1. The smallest absolute Gasteiger partial charge is 0.374 e. The van der Waals surface area contributed by atoms with Crippen LogP contribution in [0.4, 0.5) is 17.8 Å². The number of nitrogens with two attached hydrogens (primary N) is 2. The third-order valence-corrected chi connectivity index (χ3v) is 5.51. The van der Waals surface area contributed by atoms with Gasteiger partial charge in [0.1, 0.15) is 5.75 Å². The third-order valence-electron chi connectivity index (χ3n) is 3.54. The second kappa shape index (κ2) is 5.21. The number of rotatable bonds is 2. The third kappa shape index (κ3) is 2.33. The number of anilines is 3. The van der Waals surface area contributed by atoms with Gasteiger partial charge in [-0.25, -0.2) is 4.57 Å². The standard InChI is InChI=1S/C15H13N6O2P/c16-13-18-14(17)20-15(19-13)21-24(22)12-8-4-2-6-10(12)9-5-1-3-7-11(9)23-24/h1-8H,(H5,16,17,18,19,20,21,22). The van der Waals surface area contributed by atoms with Gasteiger partial charge in [0, 0.05) is 11.1 Å². The summed E-state index contributed by atoms with van der Waals surface area (Å²) in [4.78, 5) is 11.5. The lowest BCUT2D eigenvalue weighted by Crippen LogP contribution is -2.23. The molecule has 0 saturated heterocycles. The van der Waals surface area contributed by atoms with Crippen LogP contribution >= 0.6 is 7.52 Å². The zero-order valence-electron chi connectivity index (χ0n) is 12.4. The molecule has 5 N–H and O–H groups in total. The lowest BCUT2D eigenvalue weighted by molar-refractivity contribution is 0.496. The van der Waals surface area contributed by atoms with E-state index in [1.807, 2.05) is 30.3 Å². The first-order valence-electron chi connectivity index (χ1n) is 7.09. The lowest BCUT2D eigenvalue weighted by atomic mass is 10.0. The molecule has 0 aliphatic carbocycles. The Morgan fingerprint density at radius 3 is 2.25 bits per heavy atom. The fourth-order valence-electron chi connectivity index (χ4n) is 2.59. The zero-order valence-corrected chi connectivity index (χ0v) is 13.3. The van der Waals surface area contributed by atoms with Crippen LogP contribution in [0.15, 0.2) is 48.5 Å². The van der Waals surface area contributed by atoms with Crippen LogP contribution < -0.4 is 26.4 Å². The monoisotopic (exact) mass is 340 g/mol. The predicted octanol–water partition coefficient (Wildman–Crippen LogP) is 2.03. The molecule has 0 bridgehead atoms. The molecule has 2 aromatic carbocycles. The van der Waals surface area contributed by atoms with Crippen molar-refractivity contribution in [3.63, 3.8) is 0 Å². The van der Waals surface area contributed by atoms with Crippen molar-refractivity contribution in [3.05, 3.63) is 48.5 Å². The number of nitrogens with zero attached hydrogens (tertiary/aromatic N) is 3. The summed E-state index contributed by atoms with van der Waals surface area (Å²) < 4.78 is 19.3. The quantitative estimate of drug-likeness (QED) is 0.604. The van der Waals surface area contributed by atoms with Gasteiger partial charge in [-0.05, 0) is 12.1 Å². The van der Waals surface area contributed by atoms with E-state index in [0.29, 0.717) is 11.1 Å². The van der Waals surface area contributed by atoms with Crippen LogP contribution in [0.1, 0.15) is 0 Å². The van der Waals surface area contributed by atoms with E-state index in [-0.39, 0.29) is 17.8 Å². The minimum Gasteiger partial charge on any atom is -0.425 e. The predicted molar refractivity (Wildman–Crippen MR) is 92.0 cm³/mol. The Balaban J connectivity index is 1.85. The summed E-state index contributed by atoms with van der Waals surface area (Å²) in [5.74, 6) is 0.379. The number of nitrogens with one attached hydrogen (secondary N) is 1. The van der Waals surface area contributed by atoms with Crippen LogP contribution in [-0.2, 0) is 4.57 Å². The van der Waals surface area contributed by atoms with E-state index in [2.05, 4.69) is 20.0 Å². The first-order chi connectivity index (χ1) is 11.5. The number of hydrogen-bond donors (Lipinski definition) is 3. The van der Waals surface area contributed by atoms with Crippen molar-refractivity contribution in [1.82, 2.24) is 15.0 Å². The van der Waals surface area contributed by atoms with Crippen LogP contribution in [0, 0.1) is 0 Å². The Morgan fingerprint density at radius 2 is 1.50 bits per heavy atom. The highest BCUT2D eigenvalue weighted by Crippen LogP contribution is 2.53.